The van der Waals surface area contributed by atoms with E-state index in [1.807, 2.05) is 19.0 Å². The number of carbonyl (C=O) groups excluding carboxylic acids is 2. The molecule has 4 rings (SSSR count). The molecule has 41 heavy (non-hydrogen) atoms. The lowest BCUT2D eigenvalue weighted by Gasteiger charge is -2.12. The van der Waals surface area contributed by atoms with Gasteiger partial charge in [0.05, 0.1) is 30.1 Å². The number of hydrogen-bond donors (Lipinski definition) is 3. The highest BCUT2D eigenvalue weighted by atomic mass is 19.4. The van der Waals surface area contributed by atoms with E-state index in [2.05, 4.69) is 31.0 Å². The number of benzene rings is 1. The zero-order valence-electron chi connectivity index (χ0n) is 22.5. The number of nitrogens with one attached hydrogen (secondary N) is 3. The molecule has 2 amide bonds. The monoisotopic (exact) mass is 568 g/mol. The largest absolute Gasteiger partial charge is 0.435 e. The maximum atomic E-state index is 13.7. The molecule has 3 heterocycles. The molecule has 0 aliphatic carbocycles. The van der Waals surface area contributed by atoms with Crippen LogP contribution >= 0.6 is 0 Å². The van der Waals surface area contributed by atoms with Gasteiger partial charge in [-0.15, -0.1) is 0 Å². The second-order valence-corrected chi connectivity index (χ2v) is 9.35. The van der Waals surface area contributed by atoms with Crippen molar-refractivity contribution in [2.75, 3.05) is 39.0 Å². The second kappa shape index (κ2) is 12.0. The summed E-state index contributed by atoms with van der Waals surface area (Å²) in [5.74, 6) is -0.441. The number of carbonyl (C=O) groups is 2. The molecule has 4 aromatic rings. The van der Waals surface area contributed by atoms with Crippen LogP contribution in [0.3, 0.4) is 0 Å². The van der Waals surface area contributed by atoms with Crippen molar-refractivity contribution in [3.05, 3.63) is 59.8 Å². The Morgan fingerprint density at radius 2 is 1.95 bits per heavy atom. The molecule has 0 saturated carbocycles. The average Bonchev–Trinajstić information content (AvgIpc) is 3.52. The number of halogens is 3. The van der Waals surface area contributed by atoms with E-state index in [1.165, 1.54) is 23.0 Å². The quantitative estimate of drug-likeness (QED) is 0.265. The van der Waals surface area contributed by atoms with Crippen LogP contribution < -0.4 is 16.0 Å². The van der Waals surface area contributed by atoms with Gasteiger partial charge in [-0.05, 0) is 44.8 Å². The molecular weight excluding hydrogens is 541 g/mol. The summed E-state index contributed by atoms with van der Waals surface area (Å²) >= 11 is 0. The molecular formula is C26H27F3N10O2. The zero-order chi connectivity index (χ0) is 29.7. The van der Waals surface area contributed by atoms with Crippen LogP contribution in [0.25, 0.3) is 16.9 Å². The van der Waals surface area contributed by atoms with E-state index in [4.69, 9.17) is 5.26 Å². The smallest absolute Gasteiger partial charge is 0.353 e. The lowest BCUT2D eigenvalue weighted by Crippen LogP contribution is -2.39. The Morgan fingerprint density at radius 3 is 2.63 bits per heavy atom. The summed E-state index contributed by atoms with van der Waals surface area (Å²) in [6.45, 7) is 2.37. The molecule has 0 bridgehead atoms. The summed E-state index contributed by atoms with van der Waals surface area (Å²) in [4.78, 5) is 35.1. The van der Waals surface area contributed by atoms with Gasteiger partial charge in [-0.2, -0.15) is 23.5 Å². The minimum Gasteiger partial charge on any atom is -0.353 e. The van der Waals surface area contributed by atoms with Crippen LogP contribution in [0.1, 0.15) is 21.6 Å². The normalized spacial score (nSPS) is 11.5. The van der Waals surface area contributed by atoms with Crippen molar-refractivity contribution in [1.82, 2.24) is 39.7 Å². The number of nitrogens with zero attached hydrogens (tertiary/aromatic N) is 7. The highest BCUT2D eigenvalue weighted by Gasteiger charge is 2.38. The number of hydrogen-bond acceptors (Lipinski definition) is 8. The fraction of sp³-hybridized carbons (Fsp3) is 0.308. The van der Waals surface area contributed by atoms with Gasteiger partial charge in [0, 0.05) is 42.9 Å². The lowest BCUT2D eigenvalue weighted by molar-refractivity contribution is -0.141. The first kappa shape index (κ1) is 29.0. The first-order valence-corrected chi connectivity index (χ1v) is 12.4. The molecule has 3 N–H and O–H groups in total. The molecule has 0 radical (unpaired) electrons. The van der Waals surface area contributed by atoms with E-state index in [0.717, 1.165) is 10.9 Å². The zero-order valence-corrected chi connectivity index (χ0v) is 22.5. The third kappa shape index (κ3) is 6.79. The second-order valence-electron chi connectivity index (χ2n) is 9.35. The van der Waals surface area contributed by atoms with Crippen LogP contribution in [0.2, 0.25) is 0 Å². The van der Waals surface area contributed by atoms with Crippen LogP contribution in [0, 0.1) is 18.3 Å². The summed E-state index contributed by atoms with van der Waals surface area (Å²) in [6.07, 6.45) is 0.575. The van der Waals surface area contributed by atoms with Gasteiger partial charge in [0.2, 0.25) is 5.91 Å². The number of likely N-dealkylation sites (N-methyl/N-ethyl adjacent to an activating group) is 1. The number of aromatic nitrogens is 5. The first-order chi connectivity index (χ1) is 19.5. The van der Waals surface area contributed by atoms with Crippen molar-refractivity contribution in [1.29, 1.82) is 5.26 Å². The fourth-order valence-electron chi connectivity index (χ4n) is 4.05. The van der Waals surface area contributed by atoms with Gasteiger partial charge < -0.3 is 20.9 Å². The van der Waals surface area contributed by atoms with Gasteiger partial charge in [-0.25, -0.2) is 9.97 Å². The minimum absolute atomic E-state index is 0.121. The van der Waals surface area contributed by atoms with Crippen LogP contribution in [0.5, 0.6) is 0 Å². The fourth-order valence-corrected chi connectivity index (χ4v) is 4.05. The van der Waals surface area contributed by atoms with E-state index in [1.54, 1.807) is 31.2 Å². The summed E-state index contributed by atoms with van der Waals surface area (Å²) in [5, 5.41) is 20.8. The molecule has 0 aliphatic heterocycles. The first-order valence-electron chi connectivity index (χ1n) is 12.4. The summed E-state index contributed by atoms with van der Waals surface area (Å²) in [7, 11) is 3.78. The Bertz CT molecular complexity index is 1620. The van der Waals surface area contributed by atoms with Crippen molar-refractivity contribution in [2.45, 2.75) is 19.6 Å². The van der Waals surface area contributed by atoms with E-state index < -0.39 is 17.8 Å². The number of alkyl halides is 3. The number of fused-ring (bicyclic) bond motifs is 1. The van der Waals surface area contributed by atoms with Crippen molar-refractivity contribution in [3.63, 3.8) is 0 Å². The molecule has 0 fully saturated rings. The molecule has 1 aromatic carbocycles. The van der Waals surface area contributed by atoms with Crippen molar-refractivity contribution in [3.8, 4) is 17.3 Å². The van der Waals surface area contributed by atoms with Gasteiger partial charge in [0.25, 0.3) is 5.91 Å². The summed E-state index contributed by atoms with van der Waals surface area (Å²) in [6, 6.07) is 6.71. The molecule has 12 nitrogen and oxygen atoms in total. The van der Waals surface area contributed by atoms with Gasteiger partial charge >= 0.3 is 6.18 Å². The van der Waals surface area contributed by atoms with Crippen LogP contribution in [0.4, 0.5) is 24.7 Å². The molecule has 0 saturated heterocycles. The Hall–Kier alpha value is -4.97. The van der Waals surface area contributed by atoms with Crippen LogP contribution in [-0.2, 0) is 17.5 Å². The van der Waals surface area contributed by atoms with Gasteiger partial charge in [0.1, 0.15) is 6.54 Å². The van der Waals surface area contributed by atoms with Gasteiger partial charge in [-0.3, -0.25) is 18.7 Å². The minimum atomic E-state index is -4.74. The third-order valence-electron chi connectivity index (χ3n) is 5.99. The van der Waals surface area contributed by atoms with Crippen molar-refractivity contribution in [2.24, 2.45) is 0 Å². The van der Waals surface area contributed by atoms with Crippen LogP contribution in [0.15, 0.2) is 43.0 Å². The molecule has 3 aromatic heterocycles. The van der Waals surface area contributed by atoms with Crippen molar-refractivity contribution < 1.29 is 22.8 Å². The number of anilines is 2. The lowest BCUT2D eigenvalue weighted by atomic mass is 10.1. The molecule has 0 aliphatic rings. The Kier molecular flexibility index (Phi) is 8.53. The van der Waals surface area contributed by atoms with Gasteiger partial charge in [0.15, 0.2) is 17.2 Å². The van der Waals surface area contributed by atoms with Gasteiger partial charge in [-0.1, -0.05) is 0 Å². The predicted molar refractivity (Wildman–Crippen MR) is 143 cm³/mol. The number of imidazole rings is 1. The Morgan fingerprint density at radius 1 is 1.17 bits per heavy atom. The number of aryl methyl sites for hydroxylation is 1. The number of nitriles is 1. The molecule has 15 heteroatoms. The maximum absolute atomic E-state index is 13.7. The standard InChI is InChI=1S/C26H27F3N10O2/c1-16-12-17(4-5-18(16)25(41)34-14-21(40)31-7-10-37(2)3)35-23-24-33-13-20(39(24)11-8-32-23)19-15-38(9-6-30)36-22(19)26(27,28)29/h4-5,8,11-13,15H,7,9-10,14H2,1-3H3,(H,31,40)(H,32,35)(H,34,41). The van der Waals surface area contributed by atoms with E-state index in [-0.39, 0.29) is 41.7 Å². The molecule has 0 unspecified atom stereocenters. The Labute approximate surface area is 232 Å². The van der Waals surface area contributed by atoms with Crippen LogP contribution in [-0.4, -0.2) is 74.6 Å². The molecule has 214 valence electrons. The molecule has 0 atom stereocenters. The highest BCUT2D eigenvalue weighted by Crippen LogP contribution is 2.36. The average molecular weight is 569 g/mol. The van der Waals surface area contributed by atoms with E-state index in [0.29, 0.717) is 29.9 Å². The predicted octanol–water partition coefficient (Wildman–Crippen LogP) is 2.59. The number of amides is 2. The summed E-state index contributed by atoms with van der Waals surface area (Å²) < 4.78 is 43.4. The van der Waals surface area contributed by atoms with Crippen molar-refractivity contribution >= 4 is 29.0 Å². The SMILES string of the molecule is Cc1cc(Nc2nccn3c(-c4cn(CC#N)nc4C(F)(F)F)cnc23)ccc1C(=O)NCC(=O)NCCN(C)C. The topological polar surface area (TPSA) is 145 Å². The summed E-state index contributed by atoms with van der Waals surface area (Å²) in [5.41, 5.74) is 0.574. The molecule has 0 spiro atoms. The maximum Gasteiger partial charge on any atom is 0.435 e. The Balaban J connectivity index is 1.52. The highest BCUT2D eigenvalue weighted by molar-refractivity contribution is 5.98. The third-order valence-corrected chi connectivity index (χ3v) is 5.99. The van der Waals surface area contributed by atoms with E-state index in [9.17, 15) is 22.8 Å². The number of rotatable bonds is 10. The van der Waals surface area contributed by atoms with E-state index >= 15 is 0 Å².